The summed E-state index contributed by atoms with van der Waals surface area (Å²) in [6.45, 7) is 10.9. The fourth-order valence-electron chi connectivity index (χ4n) is 2.87. The number of thioether (sulfide) groups is 1. The molecule has 7 heteroatoms. The second-order valence-corrected chi connectivity index (χ2v) is 8.04. The average Bonchev–Trinajstić information content (AvgIpc) is 3.02. The first-order chi connectivity index (χ1) is 11.6. The van der Waals surface area contributed by atoms with E-state index in [1.54, 1.807) is 23.1 Å². The maximum atomic E-state index is 12.5. The highest BCUT2D eigenvalue weighted by Crippen LogP contribution is 2.31. The normalized spacial score (nSPS) is 16.0. The van der Waals surface area contributed by atoms with E-state index in [4.69, 9.17) is 0 Å². The number of thiophene rings is 1. The average molecular weight is 365 g/mol. The summed E-state index contributed by atoms with van der Waals surface area (Å²) in [5.41, 5.74) is 0. The van der Waals surface area contributed by atoms with Gasteiger partial charge in [0.25, 0.3) is 0 Å². The van der Waals surface area contributed by atoms with Gasteiger partial charge in [0.05, 0.1) is 5.75 Å². The Balaban J connectivity index is 1.67. The minimum Gasteiger partial charge on any atom is -0.339 e. The Morgan fingerprint density at radius 1 is 1.25 bits per heavy atom. The molecule has 130 valence electrons. The Morgan fingerprint density at radius 3 is 2.67 bits per heavy atom. The van der Waals surface area contributed by atoms with Crippen LogP contribution in [-0.2, 0) is 11.2 Å². The van der Waals surface area contributed by atoms with Crippen LogP contribution in [0.5, 0.6) is 0 Å². The molecule has 2 aromatic heterocycles. The van der Waals surface area contributed by atoms with Crippen molar-refractivity contribution in [3.63, 3.8) is 0 Å². The smallest absolute Gasteiger partial charge is 0.233 e. The van der Waals surface area contributed by atoms with Gasteiger partial charge in [-0.3, -0.25) is 4.79 Å². The Hall–Kier alpha value is -1.18. The zero-order valence-electron chi connectivity index (χ0n) is 14.5. The van der Waals surface area contributed by atoms with Crippen LogP contribution < -0.4 is 0 Å². The lowest BCUT2D eigenvalue weighted by Crippen LogP contribution is -2.49. The van der Waals surface area contributed by atoms with Gasteiger partial charge in [0.15, 0.2) is 0 Å². The third kappa shape index (κ3) is 3.90. The molecule has 5 nitrogen and oxygen atoms in total. The Bertz CT molecular complexity index is 723. The maximum Gasteiger partial charge on any atom is 0.233 e. The zero-order valence-corrected chi connectivity index (χ0v) is 16.2. The summed E-state index contributed by atoms with van der Waals surface area (Å²) in [7, 11) is 0. The number of hydrogen-bond donors (Lipinski definition) is 0. The van der Waals surface area contributed by atoms with Crippen LogP contribution in [0, 0.1) is 6.92 Å². The topological polar surface area (TPSA) is 49.3 Å². The molecule has 24 heavy (non-hydrogen) atoms. The predicted octanol–water partition coefficient (Wildman–Crippen LogP) is 2.82. The van der Waals surface area contributed by atoms with E-state index in [2.05, 4.69) is 34.8 Å². The number of aryl methyl sites for hydroxylation is 2. The first-order valence-corrected chi connectivity index (χ1v) is 10.3. The van der Waals surface area contributed by atoms with Gasteiger partial charge < -0.3 is 9.80 Å². The molecular weight excluding hydrogens is 340 g/mol. The van der Waals surface area contributed by atoms with Crippen LogP contribution in [0.1, 0.15) is 24.5 Å². The number of likely N-dealkylation sites (N-methyl/N-ethyl adjacent to an activating group) is 1. The van der Waals surface area contributed by atoms with Crippen molar-refractivity contribution in [2.75, 3.05) is 38.5 Å². The molecule has 0 saturated carbocycles. The quantitative estimate of drug-likeness (QED) is 0.603. The Labute approximate surface area is 151 Å². The summed E-state index contributed by atoms with van der Waals surface area (Å²) in [6, 6.07) is 2.17. The summed E-state index contributed by atoms with van der Waals surface area (Å²) in [5.74, 6) is 1.44. The van der Waals surface area contributed by atoms with E-state index in [0.717, 1.165) is 60.2 Å². The molecule has 1 aliphatic rings. The first kappa shape index (κ1) is 17.6. The van der Waals surface area contributed by atoms with Crippen molar-refractivity contribution in [3.05, 3.63) is 16.8 Å². The van der Waals surface area contributed by atoms with Gasteiger partial charge in [-0.05, 0) is 26.0 Å². The monoisotopic (exact) mass is 364 g/mol. The van der Waals surface area contributed by atoms with Gasteiger partial charge in [-0.15, -0.1) is 11.3 Å². The predicted molar refractivity (Wildman–Crippen MR) is 101 cm³/mol. The van der Waals surface area contributed by atoms with Crippen LogP contribution in [0.4, 0.5) is 0 Å². The standard InChI is InChI=1S/C17H24N4OS2/c1-4-13-10-14-16(18-12(3)19-17(14)24-13)23-11-15(22)21-8-6-20(5-2)7-9-21/h10H,4-9,11H2,1-3H3. The number of aromatic nitrogens is 2. The number of hydrogen-bond acceptors (Lipinski definition) is 6. The van der Waals surface area contributed by atoms with E-state index in [-0.39, 0.29) is 5.91 Å². The SMILES string of the molecule is CCc1cc2c(SCC(=O)N3CCN(CC)CC3)nc(C)nc2s1. The summed E-state index contributed by atoms with van der Waals surface area (Å²) in [5, 5.41) is 2.03. The first-order valence-electron chi connectivity index (χ1n) is 8.50. The summed E-state index contributed by atoms with van der Waals surface area (Å²) in [4.78, 5) is 28.3. The van der Waals surface area contributed by atoms with Crippen LogP contribution >= 0.6 is 23.1 Å². The molecule has 0 bridgehead atoms. The number of amides is 1. The molecule has 0 unspecified atom stereocenters. The molecule has 0 radical (unpaired) electrons. The molecule has 1 fully saturated rings. The second-order valence-electron chi connectivity index (χ2n) is 5.96. The van der Waals surface area contributed by atoms with Crippen molar-refractivity contribution in [3.8, 4) is 0 Å². The van der Waals surface area contributed by atoms with E-state index >= 15 is 0 Å². The maximum absolute atomic E-state index is 12.5. The van der Waals surface area contributed by atoms with Crippen molar-refractivity contribution in [1.82, 2.24) is 19.8 Å². The van der Waals surface area contributed by atoms with Crippen molar-refractivity contribution in [2.45, 2.75) is 32.2 Å². The largest absolute Gasteiger partial charge is 0.339 e. The van der Waals surface area contributed by atoms with Crippen LogP contribution in [0.25, 0.3) is 10.2 Å². The summed E-state index contributed by atoms with van der Waals surface area (Å²) >= 11 is 3.27. The highest BCUT2D eigenvalue weighted by atomic mass is 32.2. The molecule has 2 aromatic rings. The van der Waals surface area contributed by atoms with E-state index < -0.39 is 0 Å². The molecule has 1 aliphatic heterocycles. The minimum atomic E-state index is 0.214. The van der Waals surface area contributed by atoms with E-state index in [9.17, 15) is 4.79 Å². The van der Waals surface area contributed by atoms with Crippen LogP contribution in [0.15, 0.2) is 11.1 Å². The molecule has 1 saturated heterocycles. The van der Waals surface area contributed by atoms with Gasteiger partial charge in [-0.1, -0.05) is 25.6 Å². The third-order valence-electron chi connectivity index (χ3n) is 4.37. The highest BCUT2D eigenvalue weighted by molar-refractivity contribution is 8.00. The zero-order chi connectivity index (χ0) is 17.1. The second kappa shape index (κ2) is 7.80. The van der Waals surface area contributed by atoms with Gasteiger partial charge in [-0.2, -0.15) is 0 Å². The Morgan fingerprint density at radius 2 is 2.00 bits per heavy atom. The van der Waals surface area contributed by atoms with Crippen molar-refractivity contribution < 1.29 is 4.79 Å². The molecular formula is C17H24N4OS2. The molecule has 0 spiro atoms. The van der Waals surface area contributed by atoms with E-state index in [1.165, 1.54) is 4.88 Å². The molecule has 0 atom stereocenters. The van der Waals surface area contributed by atoms with Crippen LogP contribution in [0.3, 0.4) is 0 Å². The summed E-state index contributed by atoms with van der Waals surface area (Å²) < 4.78 is 0. The van der Waals surface area contributed by atoms with Gasteiger partial charge >= 0.3 is 0 Å². The van der Waals surface area contributed by atoms with E-state index in [0.29, 0.717) is 5.75 Å². The van der Waals surface area contributed by atoms with Gasteiger partial charge in [-0.25, -0.2) is 9.97 Å². The van der Waals surface area contributed by atoms with E-state index in [1.807, 2.05) is 11.8 Å². The number of fused-ring (bicyclic) bond motifs is 1. The minimum absolute atomic E-state index is 0.214. The fourth-order valence-corrected chi connectivity index (χ4v) is 4.89. The number of piperazine rings is 1. The van der Waals surface area contributed by atoms with Gasteiger partial charge in [0.1, 0.15) is 15.7 Å². The molecule has 3 rings (SSSR count). The van der Waals surface area contributed by atoms with Gasteiger partial charge in [0, 0.05) is 36.4 Å². The van der Waals surface area contributed by atoms with Crippen molar-refractivity contribution >= 4 is 39.2 Å². The lowest BCUT2D eigenvalue weighted by atomic mass is 10.3. The number of rotatable bonds is 5. The fraction of sp³-hybridized carbons (Fsp3) is 0.588. The lowest BCUT2D eigenvalue weighted by Gasteiger charge is -2.34. The lowest BCUT2D eigenvalue weighted by molar-refractivity contribution is -0.130. The highest BCUT2D eigenvalue weighted by Gasteiger charge is 2.21. The van der Waals surface area contributed by atoms with Crippen molar-refractivity contribution in [1.29, 1.82) is 0 Å². The number of carbonyl (C=O) groups is 1. The van der Waals surface area contributed by atoms with Gasteiger partial charge in [0.2, 0.25) is 5.91 Å². The van der Waals surface area contributed by atoms with Crippen LogP contribution in [-0.4, -0.2) is 64.2 Å². The van der Waals surface area contributed by atoms with Crippen molar-refractivity contribution in [2.24, 2.45) is 0 Å². The molecule has 1 amide bonds. The molecule has 0 aliphatic carbocycles. The number of nitrogens with zero attached hydrogens (tertiary/aromatic N) is 4. The summed E-state index contributed by atoms with van der Waals surface area (Å²) in [6.07, 6.45) is 1.00. The van der Waals surface area contributed by atoms with Crippen LogP contribution in [0.2, 0.25) is 0 Å². The molecule has 3 heterocycles. The molecule has 0 aromatic carbocycles. The number of carbonyl (C=O) groups excluding carboxylic acids is 1. The Kier molecular flexibility index (Phi) is 5.73. The molecule has 0 N–H and O–H groups in total. The third-order valence-corrected chi connectivity index (χ3v) is 6.52.